The van der Waals surface area contributed by atoms with Gasteiger partial charge >= 0.3 is 6.33 Å². The van der Waals surface area contributed by atoms with Crippen molar-refractivity contribution in [2.24, 2.45) is 14.1 Å². The van der Waals surface area contributed by atoms with E-state index in [0.29, 0.717) is 0 Å². The molecule has 0 N–H and O–H groups in total. The maximum atomic E-state index is 3.85. The molecule has 0 fully saturated rings. The first-order valence-electron chi connectivity index (χ1n) is 2.13. The number of rotatable bonds is 0. The molecule has 0 aliphatic carbocycles. The second kappa shape index (κ2) is 2.67. The summed E-state index contributed by atoms with van der Waals surface area (Å²) in [5.74, 6) is 0. The van der Waals surface area contributed by atoms with Crippen LogP contribution in [0.15, 0.2) is 12.7 Å². The predicted molar refractivity (Wildman–Crippen MR) is 24.4 cm³/mol. The van der Waals surface area contributed by atoms with E-state index in [1.807, 2.05) is 23.5 Å². The third-order valence-electron chi connectivity index (χ3n) is 0.965. The first-order chi connectivity index (χ1) is 3.30. The number of halogens is 1. The van der Waals surface area contributed by atoms with E-state index in [4.69, 9.17) is 0 Å². The minimum absolute atomic E-state index is 0. The van der Waals surface area contributed by atoms with Gasteiger partial charge in [0.05, 0.1) is 7.05 Å². The van der Waals surface area contributed by atoms with Crippen LogP contribution < -0.4 is 17.1 Å². The lowest BCUT2D eigenvalue weighted by molar-refractivity contribution is -0.752. The van der Waals surface area contributed by atoms with Crippen LogP contribution in [0.25, 0.3) is 0 Å². The van der Waals surface area contributed by atoms with Crippen molar-refractivity contribution < 1.29 is 17.1 Å². The van der Waals surface area contributed by atoms with Crippen LogP contribution in [0, 0.1) is 0 Å². The lowest BCUT2D eigenvalue weighted by Gasteiger charge is -1.83. The third-order valence-corrected chi connectivity index (χ3v) is 0.965. The Morgan fingerprint density at radius 1 is 1.62 bits per heavy atom. The van der Waals surface area contributed by atoms with Gasteiger partial charge in [0.25, 0.3) is 0 Å². The Balaban J connectivity index is 0.000000490. The summed E-state index contributed by atoms with van der Waals surface area (Å²) in [5, 5.41) is 0. The second-order valence-corrected chi connectivity index (χ2v) is 1.53. The van der Waals surface area contributed by atoms with E-state index in [1.165, 1.54) is 0 Å². The SMILES string of the molecule is Cn1cnc[n+]1C.[Cl-]. The molecule has 0 saturated heterocycles. The summed E-state index contributed by atoms with van der Waals surface area (Å²) in [6.07, 6.45) is 3.50. The maximum Gasteiger partial charge on any atom is 0.306 e. The molecule has 0 amide bonds. The molecule has 0 spiro atoms. The van der Waals surface area contributed by atoms with Gasteiger partial charge in [0.2, 0.25) is 6.33 Å². The lowest BCUT2D eigenvalue weighted by Crippen LogP contribution is -3.00. The van der Waals surface area contributed by atoms with Crippen molar-refractivity contribution >= 4 is 0 Å². The van der Waals surface area contributed by atoms with Crippen LogP contribution >= 0.6 is 0 Å². The molecule has 3 nitrogen and oxygen atoms in total. The summed E-state index contributed by atoms with van der Waals surface area (Å²) in [5.41, 5.74) is 0. The Labute approximate surface area is 54.4 Å². The molecule has 4 heteroatoms. The molecule has 0 aliphatic rings. The van der Waals surface area contributed by atoms with E-state index < -0.39 is 0 Å². The van der Waals surface area contributed by atoms with Gasteiger partial charge in [0.1, 0.15) is 7.05 Å². The quantitative estimate of drug-likeness (QED) is 0.334. The van der Waals surface area contributed by atoms with Crippen molar-refractivity contribution in [3.8, 4) is 0 Å². The van der Waals surface area contributed by atoms with Gasteiger partial charge in [-0.2, -0.15) is 9.36 Å². The Kier molecular flexibility index (Phi) is 2.48. The van der Waals surface area contributed by atoms with Gasteiger partial charge in [-0.1, -0.05) is 0 Å². The summed E-state index contributed by atoms with van der Waals surface area (Å²) >= 11 is 0. The average Bonchev–Trinajstić information content (AvgIpc) is 1.91. The van der Waals surface area contributed by atoms with Crippen molar-refractivity contribution in [2.45, 2.75) is 0 Å². The zero-order valence-corrected chi connectivity index (χ0v) is 5.63. The van der Waals surface area contributed by atoms with Crippen molar-refractivity contribution in [3.63, 3.8) is 0 Å². The molecule has 0 saturated carbocycles. The first kappa shape index (κ1) is 7.43. The predicted octanol–water partition coefficient (Wildman–Crippen LogP) is -3.75. The maximum absolute atomic E-state index is 3.85. The van der Waals surface area contributed by atoms with Gasteiger partial charge in [0, 0.05) is 0 Å². The first-order valence-corrected chi connectivity index (χ1v) is 2.13. The number of hydrogen-bond donors (Lipinski definition) is 0. The van der Waals surface area contributed by atoms with Gasteiger partial charge in [0.15, 0.2) is 0 Å². The van der Waals surface area contributed by atoms with E-state index >= 15 is 0 Å². The molecule has 1 aromatic heterocycles. The fraction of sp³-hybridized carbons (Fsp3) is 0.500. The topological polar surface area (TPSA) is 21.7 Å². The van der Waals surface area contributed by atoms with E-state index in [0.717, 1.165) is 0 Å². The number of hydrogen-bond acceptors (Lipinski definition) is 1. The fourth-order valence-corrected chi connectivity index (χ4v) is 0.386. The van der Waals surface area contributed by atoms with Crippen molar-refractivity contribution in [1.29, 1.82) is 0 Å². The van der Waals surface area contributed by atoms with Gasteiger partial charge in [-0.25, -0.2) is 0 Å². The lowest BCUT2D eigenvalue weighted by atomic mass is 11.2. The van der Waals surface area contributed by atoms with Crippen molar-refractivity contribution in [1.82, 2.24) is 9.67 Å². The number of aromatic nitrogens is 3. The minimum Gasteiger partial charge on any atom is -1.00 e. The van der Waals surface area contributed by atoms with E-state index in [9.17, 15) is 0 Å². The smallest absolute Gasteiger partial charge is 0.306 e. The van der Waals surface area contributed by atoms with E-state index in [2.05, 4.69) is 4.98 Å². The van der Waals surface area contributed by atoms with Gasteiger partial charge in [-0.3, -0.25) is 0 Å². The highest BCUT2D eigenvalue weighted by atomic mass is 35.5. The normalized spacial score (nSPS) is 8.25. The van der Waals surface area contributed by atoms with Crippen LogP contribution in [-0.4, -0.2) is 9.67 Å². The largest absolute Gasteiger partial charge is 1.00 e. The molecular formula is C4H8ClN3. The van der Waals surface area contributed by atoms with Crippen LogP contribution in [0.3, 0.4) is 0 Å². The summed E-state index contributed by atoms with van der Waals surface area (Å²) in [6.45, 7) is 0. The molecular weight excluding hydrogens is 126 g/mol. The van der Waals surface area contributed by atoms with Crippen LogP contribution in [-0.2, 0) is 14.1 Å². The molecule has 0 atom stereocenters. The number of aryl methyl sites for hydroxylation is 2. The Hall–Kier alpha value is -0.570. The van der Waals surface area contributed by atoms with Gasteiger partial charge < -0.3 is 12.4 Å². The minimum atomic E-state index is 0. The molecule has 8 heavy (non-hydrogen) atoms. The zero-order valence-electron chi connectivity index (χ0n) is 4.87. The third kappa shape index (κ3) is 1.20. The van der Waals surface area contributed by atoms with E-state index in [1.54, 1.807) is 12.7 Å². The monoisotopic (exact) mass is 133 g/mol. The van der Waals surface area contributed by atoms with Crippen LogP contribution in [0.4, 0.5) is 0 Å². The standard InChI is InChI=1S/C4H8N3.ClH/c1-6-3-5-4-7(6)2;/h3-4H,1-2H3;1H/q+1;/p-1. The fourth-order valence-electron chi connectivity index (χ4n) is 0.386. The second-order valence-electron chi connectivity index (χ2n) is 1.53. The summed E-state index contributed by atoms with van der Waals surface area (Å²) in [6, 6.07) is 0. The van der Waals surface area contributed by atoms with Gasteiger partial charge in [-0.05, 0) is 4.98 Å². The molecule has 0 aromatic carbocycles. The van der Waals surface area contributed by atoms with E-state index in [-0.39, 0.29) is 12.4 Å². The average molecular weight is 134 g/mol. The number of nitrogens with zero attached hydrogens (tertiary/aromatic N) is 3. The van der Waals surface area contributed by atoms with Crippen molar-refractivity contribution in [2.75, 3.05) is 0 Å². The Bertz CT molecular complexity index is 144. The van der Waals surface area contributed by atoms with Crippen LogP contribution in [0.2, 0.25) is 0 Å². The van der Waals surface area contributed by atoms with Crippen LogP contribution in [0.1, 0.15) is 0 Å². The van der Waals surface area contributed by atoms with Gasteiger partial charge in [-0.15, -0.1) is 0 Å². The Morgan fingerprint density at radius 3 is 2.38 bits per heavy atom. The molecule has 1 rings (SSSR count). The zero-order chi connectivity index (χ0) is 5.28. The molecule has 0 radical (unpaired) electrons. The summed E-state index contributed by atoms with van der Waals surface area (Å²) in [7, 11) is 3.88. The highest BCUT2D eigenvalue weighted by Gasteiger charge is 1.91. The molecule has 1 heterocycles. The highest BCUT2D eigenvalue weighted by molar-refractivity contribution is 4.39. The Morgan fingerprint density at radius 2 is 2.25 bits per heavy atom. The molecule has 1 aromatic rings. The molecule has 46 valence electrons. The summed E-state index contributed by atoms with van der Waals surface area (Å²) in [4.78, 5) is 3.85. The molecule has 0 unspecified atom stereocenters. The van der Waals surface area contributed by atoms with Crippen molar-refractivity contribution in [3.05, 3.63) is 12.7 Å². The molecule has 0 aliphatic heterocycles. The molecule has 0 bridgehead atoms. The van der Waals surface area contributed by atoms with Crippen LogP contribution in [0.5, 0.6) is 0 Å². The summed E-state index contributed by atoms with van der Waals surface area (Å²) < 4.78 is 3.78. The highest BCUT2D eigenvalue weighted by Crippen LogP contribution is 1.61.